The van der Waals surface area contributed by atoms with Crippen LogP contribution >= 0.6 is 0 Å². The van der Waals surface area contributed by atoms with E-state index in [2.05, 4.69) is 30.2 Å². The van der Waals surface area contributed by atoms with Gasteiger partial charge in [0.15, 0.2) is 5.82 Å². The quantitative estimate of drug-likeness (QED) is 0.708. The summed E-state index contributed by atoms with van der Waals surface area (Å²) in [6.07, 6.45) is 9.17. The summed E-state index contributed by atoms with van der Waals surface area (Å²) in [7, 11) is 0. The van der Waals surface area contributed by atoms with Crippen molar-refractivity contribution in [1.29, 1.82) is 0 Å². The van der Waals surface area contributed by atoms with Crippen LogP contribution in [0.5, 0.6) is 0 Å². The van der Waals surface area contributed by atoms with Gasteiger partial charge >= 0.3 is 0 Å². The molecule has 0 amide bonds. The lowest BCUT2D eigenvalue weighted by Gasteiger charge is -2.29. The fourth-order valence-electron chi connectivity index (χ4n) is 2.72. The minimum absolute atomic E-state index is 0.196. The summed E-state index contributed by atoms with van der Waals surface area (Å²) in [6.45, 7) is 1.74. The Morgan fingerprint density at radius 2 is 2.29 bits per heavy atom. The summed E-state index contributed by atoms with van der Waals surface area (Å²) in [5, 5.41) is 11.6. The second-order valence-electron chi connectivity index (χ2n) is 5.30. The number of hydrogen-bond donors (Lipinski definition) is 2. The second kappa shape index (κ2) is 4.81. The molecule has 3 aromatic rings. The van der Waals surface area contributed by atoms with Crippen LogP contribution in [-0.4, -0.2) is 48.9 Å². The fraction of sp³-hybridized carbons (Fsp3) is 0.385. The third-order valence-electron chi connectivity index (χ3n) is 3.79. The predicted molar refractivity (Wildman–Crippen MR) is 77.8 cm³/mol. The lowest BCUT2D eigenvalue weighted by atomic mass is 10.1. The highest BCUT2D eigenvalue weighted by Gasteiger charge is 2.21. The summed E-state index contributed by atoms with van der Waals surface area (Å²) in [5.74, 6) is 1.40. The average molecular weight is 284 g/mol. The maximum atomic E-state index is 6.01. The van der Waals surface area contributed by atoms with Crippen molar-refractivity contribution in [2.24, 2.45) is 5.73 Å². The smallest absolute Gasteiger partial charge is 0.245 e. The van der Waals surface area contributed by atoms with Crippen LogP contribution < -0.4 is 10.6 Å². The average Bonchev–Trinajstić information content (AvgIpc) is 3.14. The molecule has 108 valence electrons. The molecule has 0 aromatic carbocycles. The minimum atomic E-state index is 0.196. The van der Waals surface area contributed by atoms with E-state index in [1.807, 2.05) is 0 Å². The van der Waals surface area contributed by atoms with Crippen LogP contribution in [0.1, 0.15) is 12.8 Å². The highest BCUT2D eigenvalue weighted by atomic mass is 15.4. The van der Waals surface area contributed by atoms with E-state index in [0.717, 1.165) is 37.0 Å². The Balaban J connectivity index is 1.68. The molecule has 8 nitrogen and oxygen atoms in total. The van der Waals surface area contributed by atoms with E-state index in [9.17, 15) is 0 Å². The van der Waals surface area contributed by atoms with Gasteiger partial charge in [0.25, 0.3) is 0 Å². The molecule has 1 fully saturated rings. The standard InChI is InChI=1S/C13H16N8/c14-9-2-1-4-20(8-9)13-17-12(18-19-13)10-6-16-21-5-3-15-7-11(10)21/h3,5-7,9H,1-2,4,8,14H2,(H,17,18,19). The molecule has 8 heteroatoms. The monoisotopic (exact) mass is 284 g/mol. The molecule has 3 aromatic heterocycles. The third-order valence-corrected chi connectivity index (χ3v) is 3.79. The zero-order valence-electron chi connectivity index (χ0n) is 11.5. The van der Waals surface area contributed by atoms with Gasteiger partial charge in [-0.05, 0) is 12.8 Å². The molecular formula is C13H16N8. The van der Waals surface area contributed by atoms with Crippen molar-refractivity contribution in [3.05, 3.63) is 24.8 Å². The van der Waals surface area contributed by atoms with Gasteiger partial charge in [-0.25, -0.2) is 4.52 Å². The summed E-state index contributed by atoms with van der Waals surface area (Å²) >= 11 is 0. The van der Waals surface area contributed by atoms with E-state index in [1.54, 1.807) is 29.3 Å². The Labute approximate surface area is 121 Å². The van der Waals surface area contributed by atoms with E-state index in [0.29, 0.717) is 11.8 Å². The van der Waals surface area contributed by atoms with Crippen LogP contribution in [0, 0.1) is 0 Å². The van der Waals surface area contributed by atoms with E-state index >= 15 is 0 Å². The van der Waals surface area contributed by atoms with Crippen molar-refractivity contribution >= 4 is 11.5 Å². The summed E-state index contributed by atoms with van der Waals surface area (Å²) in [6, 6.07) is 0.196. The van der Waals surface area contributed by atoms with Crippen LogP contribution in [0.2, 0.25) is 0 Å². The number of rotatable bonds is 2. The molecule has 0 bridgehead atoms. The Bertz CT molecular complexity index is 760. The third kappa shape index (κ3) is 2.13. The first-order valence-corrected chi connectivity index (χ1v) is 7.02. The fourth-order valence-corrected chi connectivity index (χ4v) is 2.72. The summed E-state index contributed by atoms with van der Waals surface area (Å²) in [5.41, 5.74) is 7.80. The molecule has 1 aliphatic heterocycles. The largest absolute Gasteiger partial charge is 0.338 e. The van der Waals surface area contributed by atoms with E-state index in [1.165, 1.54) is 0 Å². The van der Waals surface area contributed by atoms with Crippen molar-refractivity contribution < 1.29 is 0 Å². The zero-order valence-corrected chi connectivity index (χ0v) is 11.5. The number of aromatic nitrogens is 6. The molecule has 4 heterocycles. The number of fused-ring (bicyclic) bond motifs is 1. The Kier molecular flexibility index (Phi) is 2.81. The molecule has 1 unspecified atom stereocenters. The molecule has 0 saturated carbocycles. The van der Waals surface area contributed by atoms with Crippen molar-refractivity contribution in [3.8, 4) is 11.4 Å². The summed E-state index contributed by atoms with van der Waals surface area (Å²) < 4.78 is 1.77. The molecule has 1 saturated heterocycles. The molecule has 4 rings (SSSR count). The molecule has 0 spiro atoms. The van der Waals surface area contributed by atoms with Crippen molar-refractivity contribution in [2.45, 2.75) is 18.9 Å². The van der Waals surface area contributed by atoms with Gasteiger partial charge in [0, 0.05) is 31.5 Å². The number of nitrogens with zero attached hydrogens (tertiary/aromatic N) is 6. The van der Waals surface area contributed by atoms with Crippen molar-refractivity contribution in [1.82, 2.24) is 29.8 Å². The van der Waals surface area contributed by atoms with Gasteiger partial charge < -0.3 is 10.6 Å². The first-order chi connectivity index (χ1) is 10.3. The minimum Gasteiger partial charge on any atom is -0.338 e. The van der Waals surface area contributed by atoms with E-state index in [-0.39, 0.29) is 6.04 Å². The van der Waals surface area contributed by atoms with Gasteiger partial charge in [0.1, 0.15) is 0 Å². The van der Waals surface area contributed by atoms with Gasteiger partial charge in [0.05, 0.1) is 23.5 Å². The lowest BCUT2D eigenvalue weighted by molar-refractivity contribution is 0.500. The molecule has 0 aliphatic carbocycles. The topological polar surface area (TPSA) is 101 Å². The molecule has 1 aliphatic rings. The first-order valence-electron chi connectivity index (χ1n) is 7.02. The highest BCUT2D eigenvalue weighted by molar-refractivity contribution is 5.75. The van der Waals surface area contributed by atoms with Crippen LogP contribution in [0.4, 0.5) is 5.95 Å². The lowest BCUT2D eigenvalue weighted by Crippen LogP contribution is -2.43. The Morgan fingerprint density at radius 3 is 3.19 bits per heavy atom. The molecule has 3 N–H and O–H groups in total. The van der Waals surface area contributed by atoms with E-state index < -0.39 is 0 Å². The highest BCUT2D eigenvalue weighted by Crippen LogP contribution is 2.23. The number of nitrogens with two attached hydrogens (primary N) is 1. The van der Waals surface area contributed by atoms with Gasteiger partial charge in [-0.2, -0.15) is 10.1 Å². The SMILES string of the molecule is NC1CCCN(c2n[nH]c(-c3cnn4ccncc34)n2)C1. The number of nitrogens with one attached hydrogen (secondary N) is 1. The molecule has 0 radical (unpaired) electrons. The van der Waals surface area contributed by atoms with Crippen LogP contribution in [0.25, 0.3) is 16.9 Å². The van der Waals surface area contributed by atoms with Crippen molar-refractivity contribution in [2.75, 3.05) is 18.0 Å². The maximum Gasteiger partial charge on any atom is 0.245 e. The van der Waals surface area contributed by atoms with Crippen LogP contribution in [0.3, 0.4) is 0 Å². The number of aromatic amines is 1. The van der Waals surface area contributed by atoms with Gasteiger partial charge in [0.2, 0.25) is 5.95 Å². The number of hydrogen-bond acceptors (Lipinski definition) is 6. The first kappa shape index (κ1) is 12.3. The molecular weight excluding hydrogens is 268 g/mol. The maximum absolute atomic E-state index is 6.01. The number of H-pyrrole nitrogens is 1. The van der Waals surface area contributed by atoms with Crippen LogP contribution in [-0.2, 0) is 0 Å². The number of piperidine rings is 1. The normalized spacial score (nSPS) is 19.3. The van der Waals surface area contributed by atoms with Crippen LogP contribution in [0.15, 0.2) is 24.8 Å². The molecule has 1 atom stereocenters. The van der Waals surface area contributed by atoms with E-state index in [4.69, 9.17) is 5.73 Å². The van der Waals surface area contributed by atoms with Gasteiger partial charge in [-0.3, -0.25) is 10.1 Å². The number of anilines is 1. The second-order valence-corrected chi connectivity index (χ2v) is 5.30. The Morgan fingerprint density at radius 1 is 1.33 bits per heavy atom. The van der Waals surface area contributed by atoms with Gasteiger partial charge in [-0.15, -0.1) is 5.10 Å². The zero-order chi connectivity index (χ0) is 14.2. The predicted octanol–water partition coefficient (Wildman–Crippen LogP) is 0.442. The van der Waals surface area contributed by atoms with Gasteiger partial charge in [-0.1, -0.05) is 0 Å². The molecule has 21 heavy (non-hydrogen) atoms. The Hall–Kier alpha value is -2.48. The van der Waals surface area contributed by atoms with Crippen molar-refractivity contribution in [3.63, 3.8) is 0 Å². The summed E-state index contributed by atoms with van der Waals surface area (Å²) in [4.78, 5) is 10.8.